The lowest BCUT2D eigenvalue weighted by atomic mass is 9.94. The van der Waals surface area contributed by atoms with Gasteiger partial charge in [0, 0.05) is 44.6 Å². The van der Waals surface area contributed by atoms with Crippen LogP contribution in [-0.2, 0) is 9.53 Å². The number of likely N-dealkylation sites (tertiary alicyclic amines) is 1. The lowest BCUT2D eigenvalue weighted by Gasteiger charge is -2.32. The minimum Gasteiger partial charge on any atom is -0.437 e. The molecule has 0 radical (unpaired) electrons. The standard InChI is InChI=1S/C18H20FN3O3/c1-24-12-16(23)22-9-3-4-13(11-22)17-18(21-8-7-20-17)25-15-6-2-5-14(19)10-15/h2,5-8,10,13H,3-4,9,11-12H2,1H3/t13-/m1/s1. The minimum absolute atomic E-state index is 0.0202. The normalized spacial score (nSPS) is 17.4. The molecule has 1 aliphatic heterocycles. The molecule has 6 nitrogen and oxygen atoms in total. The van der Waals surface area contributed by atoms with E-state index in [1.54, 1.807) is 23.2 Å². The van der Waals surface area contributed by atoms with Gasteiger partial charge in [-0.1, -0.05) is 6.07 Å². The van der Waals surface area contributed by atoms with Crippen LogP contribution in [0.4, 0.5) is 4.39 Å². The summed E-state index contributed by atoms with van der Waals surface area (Å²) >= 11 is 0. The number of ether oxygens (including phenoxy) is 2. The van der Waals surface area contributed by atoms with Crippen molar-refractivity contribution in [3.05, 3.63) is 48.2 Å². The van der Waals surface area contributed by atoms with Gasteiger partial charge in [-0.15, -0.1) is 0 Å². The summed E-state index contributed by atoms with van der Waals surface area (Å²) < 4.78 is 24.0. The van der Waals surface area contributed by atoms with Crippen molar-refractivity contribution in [2.45, 2.75) is 18.8 Å². The molecule has 7 heteroatoms. The maximum Gasteiger partial charge on any atom is 0.248 e. The Morgan fingerprint density at radius 2 is 2.20 bits per heavy atom. The summed E-state index contributed by atoms with van der Waals surface area (Å²) in [7, 11) is 1.51. The predicted molar refractivity (Wildman–Crippen MR) is 88.9 cm³/mol. The molecule has 1 atom stereocenters. The Balaban J connectivity index is 1.79. The fraction of sp³-hybridized carbons (Fsp3) is 0.389. The molecule has 0 saturated carbocycles. The van der Waals surface area contributed by atoms with Crippen molar-refractivity contribution in [3.8, 4) is 11.6 Å². The Kier molecular flexibility index (Phi) is 5.55. The van der Waals surface area contributed by atoms with Crippen molar-refractivity contribution in [3.63, 3.8) is 0 Å². The van der Waals surface area contributed by atoms with Crippen molar-refractivity contribution in [1.29, 1.82) is 0 Å². The first-order valence-electron chi connectivity index (χ1n) is 8.18. The summed E-state index contributed by atoms with van der Waals surface area (Å²) in [4.78, 5) is 22.5. The molecule has 0 unspecified atom stereocenters. The topological polar surface area (TPSA) is 64.5 Å². The molecule has 25 heavy (non-hydrogen) atoms. The summed E-state index contributed by atoms with van der Waals surface area (Å²) in [6, 6.07) is 5.89. The number of benzene rings is 1. The highest BCUT2D eigenvalue weighted by Gasteiger charge is 2.28. The molecule has 1 aromatic carbocycles. The third kappa shape index (κ3) is 4.30. The Labute approximate surface area is 145 Å². The highest BCUT2D eigenvalue weighted by atomic mass is 19.1. The van der Waals surface area contributed by atoms with Crippen molar-refractivity contribution >= 4 is 5.91 Å². The first-order valence-corrected chi connectivity index (χ1v) is 8.18. The number of hydrogen-bond donors (Lipinski definition) is 0. The molecular weight excluding hydrogens is 325 g/mol. The van der Waals surface area contributed by atoms with Crippen LogP contribution in [0.15, 0.2) is 36.7 Å². The smallest absolute Gasteiger partial charge is 0.248 e. The lowest BCUT2D eigenvalue weighted by Crippen LogP contribution is -2.41. The zero-order chi connectivity index (χ0) is 17.6. The zero-order valence-corrected chi connectivity index (χ0v) is 14.0. The molecule has 132 valence electrons. The first kappa shape index (κ1) is 17.3. The van der Waals surface area contributed by atoms with E-state index in [1.165, 1.54) is 25.4 Å². The molecule has 0 N–H and O–H groups in total. The van der Waals surface area contributed by atoms with Crippen molar-refractivity contribution in [1.82, 2.24) is 14.9 Å². The Bertz CT molecular complexity index is 741. The van der Waals surface area contributed by atoms with Crippen LogP contribution >= 0.6 is 0 Å². The Hall–Kier alpha value is -2.54. The number of halogens is 1. The van der Waals surface area contributed by atoms with Crippen molar-refractivity contribution in [2.75, 3.05) is 26.8 Å². The molecule has 1 fully saturated rings. The van der Waals surface area contributed by atoms with Crippen LogP contribution in [0, 0.1) is 5.82 Å². The zero-order valence-electron chi connectivity index (χ0n) is 14.0. The van der Waals surface area contributed by atoms with E-state index in [2.05, 4.69) is 9.97 Å². The highest BCUT2D eigenvalue weighted by Crippen LogP contribution is 2.32. The molecule has 3 rings (SSSR count). The van der Waals surface area contributed by atoms with Gasteiger partial charge in [0.2, 0.25) is 11.8 Å². The average Bonchev–Trinajstić information content (AvgIpc) is 2.62. The van der Waals surface area contributed by atoms with E-state index in [0.717, 1.165) is 12.8 Å². The lowest BCUT2D eigenvalue weighted by molar-refractivity contribution is -0.136. The van der Waals surface area contributed by atoms with Crippen LogP contribution in [0.5, 0.6) is 11.6 Å². The predicted octanol–water partition coefficient (Wildman–Crippen LogP) is 2.76. The van der Waals surface area contributed by atoms with Gasteiger partial charge in [0.15, 0.2) is 0 Å². The van der Waals surface area contributed by atoms with Gasteiger partial charge in [0.05, 0.1) is 0 Å². The average molecular weight is 345 g/mol. The van der Waals surface area contributed by atoms with Gasteiger partial charge in [-0.3, -0.25) is 9.78 Å². The second-order valence-electron chi connectivity index (χ2n) is 5.92. The Morgan fingerprint density at radius 3 is 3.00 bits per heavy atom. The van der Waals surface area contributed by atoms with Crippen LogP contribution in [-0.4, -0.2) is 47.6 Å². The molecule has 1 aliphatic rings. The van der Waals surface area contributed by atoms with Crippen LogP contribution in [0.1, 0.15) is 24.5 Å². The summed E-state index contributed by atoms with van der Waals surface area (Å²) in [5, 5.41) is 0. The summed E-state index contributed by atoms with van der Waals surface area (Å²) in [6.45, 7) is 1.32. The molecule has 2 aromatic rings. The van der Waals surface area contributed by atoms with Crippen LogP contribution in [0.25, 0.3) is 0 Å². The first-order chi connectivity index (χ1) is 12.2. The molecule has 0 bridgehead atoms. The third-order valence-electron chi connectivity index (χ3n) is 4.13. The molecule has 1 aromatic heterocycles. The summed E-state index contributed by atoms with van der Waals surface area (Å²) in [6.07, 6.45) is 4.89. The molecule has 1 amide bonds. The number of hydrogen-bond acceptors (Lipinski definition) is 5. The number of piperidine rings is 1. The number of rotatable bonds is 5. The van der Waals surface area contributed by atoms with Gasteiger partial charge < -0.3 is 14.4 Å². The fourth-order valence-corrected chi connectivity index (χ4v) is 2.98. The maximum absolute atomic E-state index is 13.4. The summed E-state index contributed by atoms with van der Waals surface area (Å²) in [5.41, 5.74) is 0.682. The van der Waals surface area contributed by atoms with E-state index in [0.29, 0.717) is 30.4 Å². The van der Waals surface area contributed by atoms with Gasteiger partial charge in [-0.25, -0.2) is 9.37 Å². The van der Waals surface area contributed by atoms with E-state index < -0.39 is 0 Å². The minimum atomic E-state index is -0.378. The number of methoxy groups -OCH3 is 1. The number of carbonyl (C=O) groups excluding carboxylic acids is 1. The second-order valence-corrected chi connectivity index (χ2v) is 5.92. The van der Waals surface area contributed by atoms with Crippen LogP contribution in [0.2, 0.25) is 0 Å². The van der Waals surface area contributed by atoms with Crippen molar-refractivity contribution in [2.24, 2.45) is 0 Å². The largest absolute Gasteiger partial charge is 0.437 e. The molecular formula is C18H20FN3O3. The number of amides is 1. The monoisotopic (exact) mass is 345 g/mol. The van der Waals surface area contributed by atoms with Gasteiger partial charge in [-0.2, -0.15) is 0 Å². The third-order valence-corrected chi connectivity index (χ3v) is 4.13. The van der Waals surface area contributed by atoms with Crippen LogP contribution in [0.3, 0.4) is 0 Å². The highest BCUT2D eigenvalue weighted by molar-refractivity contribution is 5.77. The van der Waals surface area contributed by atoms with Crippen LogP contribution < -0.4 is 4.74 Å². The van der Waals surface area contributed by atoms with E-state index >= 15 is 0 Å². The number of aromatic nitrogens is 2. The van der Waals surface area contributed by atoms with E-state index in [4.69, 9.17) is 9.47 Å². The molecule has 0 spiro atoms. The van der Waals surface area contributed by atoms with E-state index in [-0.39, 0.29) is 24.2 Å². The Morgan fingerprint density at radius 1 is 1.36 bits per heavy atom. The van der Waals surface area contributed by atoms with Gasteiger partial charge in [-0.05, 0) is 25.0 Å². The van der Waals surface area contributed by atoms with Gasteiger partial charge >= 0.3 is 0 Å². The van der Waals surface area contributed by atoms with Crippen molar-refractivity contribution < 1.29 is 18.7 Å². The molecule has 0 aliphatic carbocycles. The fourth-order valence-electron chi connectivity index (χ4n) is 2.98. The number of carbonyl (C=O) groups is 1. The van der Waals surface area contributed by atoms with Gasteiger partial charge in [0.25, 0.3) is 0 Å². The van der Waals surface area contributed by atoms with E-state index in [1.807, 2.05) is 0 Å². The quantitative estimate of drug-likeness (QED) is 0.834. The molecule has 2 heterocycles. The van der Waals surface area contributed by atoms with E-state index in [9.17, 15) is 9.18 Å². The SMILES string of the molecule is COCC(=O)N1CCC[C@@H](c2nccnc2Oc2cccc(F)c2)C1. The number of nitrogens with zero attached hydrogens (tertiary/aromatic N) is 3. The maximum atomic E-state index is 13.4. The second kappa shape index (κ2) is 8.02. The molecule has 1 saturated heterocycles. The summed E-state index contributed by atoms with van der Waals surface area (Å²) in [5.74, 6) is 0.316. The van der Waals surface area contributed by atoms with Gasteiger partial charge in [0.1, 0.15) is 23.9 Å².